The normalized spacial score (nSPS) is 17.2. The average Bonchev–Trinajstić information content (AvgIpc) is 3.05. The van der Waals surface area contributed by atoms with Crippen LogP contribution < -0.4 is 11.5 Å². The number of carbonyl (C=O) groups is 1. The maximum absolute atomic E-state index is 12.5. The van der Waals surface area contributed by atoms with E-state index < -0.39 is 32.6 Å². The zero-order chi connectivity index (χ0) is 23.3. The summed E-state index contributed by atoms with van der Waals surface area (Å²) < 4.78 is 32.4. The van der Waals surface area contributed by atoms with Crippen LogP contribution in [0.3, 0.4) is 0 Å². The molecule has 1 heterocycles. The molecule has 32 heavy (non-hydrogen) atoms. The van der Waals surface area contributed by atoms with Crippen molar-refractivity contribution in [3.63, 3.8) is 0 Å². The number of cyclic esters (lactones) is 1. The van der Waals surface area contributed by atoms with Crippen LogP contribution >= 0.6 is 7.82 Å². The van der Waals surface area contributed by atoms with Crippen molar-refractivity contribution in [1.82, 2.24) is 0 Å². The van der Waals surface area contributed by atoms with Gasteiger partial charge in [-0.3, -0.25) is 4.52 Å². The van der Waals surface area contributed by atoms with E-state index in [1.54, 1.807) is 48.5 Å². The number of phosphoric acid groups is 1. The van der Waals surface area contributed by atoms with E-state index in [2.05, 4.69) is 4.52 Å². The standard InChI is InChI=1S/C20H23N2O9P/c21-14-5-1-12(2-6-14)10-28-18-17(16(9-23)31-32(25,26)27)30-20(24)19(18)29-11-13-3-7-15(22)8-4-13/h1-8,16-17,23H,9-11,21-22H2,(H2,25,26,27)/t16-,17+/m0/s1. The molecule has 11 nitrogen and oxygen atoms in total. The third-order valence-electron chi connectivity index (χ3n) is 4.43. The van der Waals surface area contributed by atoms with Gasteiger partial charge in [-0.05, 0) is 35.4 Å². The molecule has 0 saturated carbocycles. The number of phosphoric ester groups is 1. The summed E-state index contributed by atoms with van der Waals surface area (Å²) in [5.74, 6) is -1.38. The van der Waals surface area contributed by atoms with Gasteiger partial charge in [-0.25, -0.2) is 9.36 Å². The van der Waals surface area contributed by atoms with Crippen LogP contribution in [0.25, 0.3) is 0 Å². The first-order valence-electron chi connectivity index (χ1n) is 9.40. The Hall–Kier alpha value is -3.08. The van der Waals surface area contributed by atoms with Crippen LogP contribution in [0.5, 0.6) is 0 Å². The van der Waals surface area contributed by atoms with E-state index in [-0.39, 0.29) is 24.7 Å². The highest BCUT2D eigenvalue weighted by Crippen LogP contribution is 2.41. The van der Waals surface area contributed by atoms with Crippen LogP contribution in [0.15, 0.2) is 60.0 Å². The Labute approximate surface area is 183 Å². The molecule has 0 radical (unpaired) electrons. The SMILES string of the molecule is Nc1ccc(COC2=C(OCc3ccc(N)cc3)[C@@H]([C@H](CO)OP(=O)(O)O)OC2=O)cc1. The summed E-state index contributed by atoms with van der Waals surface area (Å²) in [5.41, 5.74) is 13.8. The summed E-state index contributed by atoms with van der Waals surface area (Å²) >= 11 is 0. The van der Waals surface area contributed by atoms with Gasteiger partial charge in [0.2, 0.25) is 5.76 Å². The number of nitrogens with two attached hydrogens (primary N) is 2. The van der Waals surface area contributed by atoms with Gasteiger partial charge >= 0.3 is 13.8 Å². The minimum Gasteiger partial charge on any atom is -0.485 e. The van der Waals surface area contributed by atoms with Gasteiger partial charge in [-0.2, -0.15) is 0 Å². The summed E-state index contributed by atoms with van der Waals surface area (Å²) in [6.45, 7) is -0.927. The monoisotopic (exact) mass is 466 g/mol. The van der Waals surface area contributed by atoms with Crippen molar-refractivity contribution in [2.24, 2.45) is 0 Å². The molecule has 2 aromatic carbocycles. The molecule has 0 aliphatic carbocycles. The number of hydrogen-bond acceptors (Lipinski definition) is 9. The predicted molar refractivity (Wildman–Crippen MR) is 112 cm³/mol. The molecule has 2 atom stereocenters. The number of hydrogen-bond donors (Lipinski definition) is 5. The van der Waals surface area contributed by atoms with E-state index in [4.69, 9.17) is 35.5 Å². The van der Waals surface area contributed by atoms with E-state index in [0.29, 0.717) is 22.5 Å². The molecule has 1 aliphatic rings. The van der Waals surface area contributed by atoms with Gasteiger partial charge in [0.1, 0.15) is 19.3 Å². The lowest BCUT2D eigenvalue weighted by Crippen LogP contribution is -2.34. The van der Waals surface area contributed by atoms with Crippen LogP contribution in [-0.4, -0.2) is 39.7 Å². The first kappa shape index (κ1) is 23.6. The molecule has 0 aromatic heterocycles. The largest absolute Gasteiger partial charge is 0.485 e. The van der Waals surface area contributed by atoms with Crippen molar-refractivity contribution in [2.45, 2.75) is 25.4 Å². The van der Waals surface area contributed by atoms with E-state index in [9.17, 15) is 14.5 Å². The van der Waals surface area contributed by atoms with Gasteiger partial charge in [-0.15, -0.1) is 0 Å². The van der Waals surface area contributed by atoms with Gasteiger partial charge in [0.05, 0.1) is 6.61 Å². The number of aliphatic hydroxyl groups excluding tert-OH is 1. The number of rotatable bonds is 10. The van der Waals surface area contributed by atoms with Gasteiger partial charge in [0, 0.05) is 11.4 Å². The summed E-state index contributed by atoms with van der Waals surface area (Å²) in [7, 11) is -5.00. The first-order valence-corrected chi connectivity index (χ1v) is 10.9. The van der Waals surface area contributed by atoms with E-state index >= 15 is 0 Å². The second-order valence-electron chi connectivity index (χ2n) is 6.90. The fraction of sp³-hybridized carbons (Fsp3) is 0.250. The predicted octanol–water partition coefficient (Wildman–Crippen LogP) is 1.19. The van der Waals surface area contributed by atoms with Gasteiger partial charge in [0.25, 0.3) is 0 Å². The zero-order valence-electron chi connectivity index (χ0n) is 16.8. The Balaban J connectivity index is 1.86. The molecule has 7 N–H and O–H groups in total. The molecule has 0 spiro atoms. The molecule has 1 aliphatic heterocycles. The average molecular weight is 466 g/mol. The van der Waals surface area contributed by atoms with Crippen molar-refractivity contribution in [1.29, 1.82) is 0 Å². The maximum Gasteiger partial charge on any atom is 0.470 e. The number of nitrogen functional groups attached to an aromatic ring is 2. The summed E-state index contributed by atoms with van der Waals surface area (Å²) in [4.78, 5) is 30.7. The number of anilines is 2. The Morgan fingerprint density at radius 1 is 0.938 bits per heavy atom. The molecule has 2 aromatic rings. The first-order chi connectivity index (χ1) is 15.2. The van der Waals surface area contributed by atoms with Crippen molar-refractivity contribution < 1.29 is 43.0 Å². The number of esters is 1. The van der Waals surface area contributed by atoms with Crippen molar-refractivity contribution in [2.75, 3.05) is 18.1 Å². The fourth-order valence-corrected chi connectivity index (χ4v) is 3.41. The molecule has 172 valence electrons. The summed E-state index contributed by atoms with van der Waals surface area (Å²) in [6, 6.07) is 13.5. The highest BCUT2D eigenvalue weighted by molar-refractivity contribution is 7.46. The van der Waals surface area contributed by atoms with Gasteiger partial charge < -0.3 is 40.6 Å². The molecule has 0 fully saturated rings. The quantitative estimate of drug-likeness (QED) is 0.192. The molecule has 3 rings (SSSR count). The van der Waals surface area contributed by atoms with Crippen molar-refractivity contribution in [3.05, 3.63) is 71.2 Å². The van der Waals surface area contributed by atoms with E-state index in [0.717, 1.165) is 0 Å². The van der Waals surface area contributed by atoms with Crippen LogP contribution in [0.1, 0.15) is 11.1 Å². The third-order valence-corrected chi connectivity index (χ3v) is 4.97. The van der Waals surface area contributed by atoms with Crippen LogP contribution in [0.4, 0.5) is 11.4 Å². The molecule has 12 heteroatoms. The molecule has 0 saturated heterocycles. The van der Waals surface area contributed by atoms with Crippen LogP contribution in [0, 0.1) is 0 Å². The second kappa shape index (κ2) is 10.0. The Morgan fingerprint density at radius 3 is 1.91 bits per heavy atom. The minimum atomic E-state index is -5.00. The number of ether oxygens (including phenoxy) is 3. The zero-order valence-corrected chi connectivity index (χ0v) is 17.7. The number of aliphatic hydroxyl groups is 1. The van der Waals surface area contributed by atoms with Crippen LogP contribution in [-0.2, 0) is 41.3 Å². The van der Waals surface area contributed by atoms with Gasteiger partial charge in [-0.1, -0.05) is 24.3 Å². The minimum absolute atomic E-state index is 0.0324. The van der Waals surface area contributed by atoms with E-state index in [1.165, 1.54) is 0 Å². The lowest BCUT2D eigenvalue weighted by molar-refractivity contribution is -0.148. The lowest BCUT2D eigenvalue weighted by Gasteiger charge is -2.23. The lowest BCUT2D eigenvalue weighted by atomic mass is 10.1. The van der Waals surface area contributed by atoms with Gasteiger partial charge in [0.15, 0.2) is 11.9 Å². The Bertz CT molecular complexity index is 1020. The fourth-order valence-electron chi connectivity index (χ4n) is 2.88. The van der Waals surface area contributed by atoms with E-state index in [1.807, 2.05) is 0 Å². The molecule has 0 bridgehead atoms. The summed E-state index contributed by atoms with van der Waals surface area (Å²) in [5, 5.41) is 9.59. The van der Waals surface area contributed by atoms with Crippen molar-refractivity contribution >= 4 is 25.2 Å². The maximum atomic E-state index is 12.5. The second-order valence-corrected chi connectivity index (χ2v) is 8.09. The number of benzene rings is 2. The molecule has 0 unspecified atom stereocenters. The third kappa shape index (κ3) is 6.22. The molecular weight excluding hydrogens is 443 g/mol. The molecular formula is C20H23N2O9P. The highest BCUT2D eigenvalue weighted by atomic mass is 31.2. The Morgan fingerprint density at radius 2 is 1.44 bits per heavy atom. The molecule has 0 amide bonds. The topological polar surface area (TPSA) is 184 Å². The van der Waals surface area contributed by atoms with Crippen LogP contribution in [0.2, 0.25) is 0 Å². The van der Waals surface area contributed by atoms with Crippen molar-refractivity contribution in [3.8, 4) is 0 Å². The highest BCUT2D eigenvalue weighted by Gasteiger charge is 2.45. The Kier molecular flexibility index (Phi) is 7.39. The summed E-state index contributed by atoms with van der Waals surface area (Å²) in [6.07, 6.45) is -3.02. The smallest absolute Gasteiger partial charge is 0.470 e. The number of carbonyl (C=O) groups excluding carboxylic acids is 1.